The highest BCUT2D eigenvalue weighted by Gasteiger charge is 2.05. The van der Waals surface area contributed by atoms with Gasteiger partial charge in [-0.05, 0) is 30.7 Å². The number of hydrogen-bond acceptors (Lipinski definition) is 2. The summed E-state index contributed by atoms with van der Waals surface area (Å²) in [5.74, 6) is 1.13. The van der Waals surface area contributed by atoms with Crippen molar-refractivity contribution in [2.24, 2.45) is 0 Å². The van der Waals surface area contributed by atoms with Gasteiger partial charge in [-0.2, -0.15) is 0 Å². The van der Waals surface area contributed by atoms with Crippen LogP contribution in [0.4, 0.5) is 0 Å². The molecule has 2 aromatic carbocycles. The Morgan fingerprint density at radius 1 is 0.857 bits per heavy atom. The monoisotopic (exact) mass is 298 g/mol. The Labute approximate surface area is 133 Å². The predicted molar refractivity (Wildman–Crippen MR) is 93.5 cm³/mol. The molecule has 0 atom stereocenters. The van der Waals surface area contributed by atoms with Gasteiger partial charge in [0.1, 0.15) is 0 Å². The largest absolute Gasteiger partial charge is 0.298 e. The van der Waals surface area contributed by atoms with E-state index < -0.39 is 0 Å². The Morgan fingerprint density at radius 3 is 2.19 bits per heavy atom. The fraction of sp³-hybridized carbons (Fsp3) is 0.316. The number of rotatable bonds is 9. The zero-order valence-electron chi connectivity index (χ0n) is 12.6. The first kappa shape index (κ1) is 16.1. The first-order chi connectivity index (χ1) is 10.4. The summed E-state index contributed by atoms with van der Waals surface area (Å²) in [6, 6.07) is 21.4. The highest BCUT2D eigenvalue weighted by Crippen LogP contribution is 2.17. The van der Waals surface area contributed by atoms with Gasteiger partial charge in [-0.15, -0.1) is 11.8 Å². The molecule has 0 heterocycles. The van der Waals surface area contributed by atoms with Gasteiger partial charge >= 0.3 is 0 Å². The van der Waals surface area contributed by atoms with Crippen molar-refractivity contribution in [3.05, 3.63) is 73.2 Å². The van der Waals surface area contributed by atoms with Crippen molar-refractivity contribution in [1.82, 2.24) is 4.90 Å². The third kappa shape index (κ3) is 6.36. The normalized spacial score (nSPS) is 11.0. The molecule has 0 saturated carbocycles. The lowest BCUT2D eigenvalue weighted by atomic mass is 10.2. The topological polar surface area (TPSA) is 3.24 Å². The molecule has 0 saturated heterocycles. The number of nitrogens with zero attached hydrogens (tertiary/aromatic N) is 1. The lowest BCUT2D eigenvalue weighted by Gasteiger charge is -2.22. The second-order valence-corrected chi connectivity index (χ2v) is 6.30. The van der Waals surface area contributed by atoms with Crippen LogP contribution in [0, 0.1) is 6.92 Å². The molecule has 0 aliphatic rings. The zero-order valence-corrected chi connectivity index (χ0v) is 13.4. The van der Waals surface area contributed by atoms with Crippen molar-refractivity contribution in [3.63, 3.8) is 0 Å². The van der Waals surface area contributed by atoms with Crippen LogP contribution in [0.15, 0.2) is 65.6 Å². The number of benzene rings is 2. The smallest absolute Gasteiger partial charge is 0.0234 e. The molecule has 1 radical (unpaired) electrons. The number of hydrogen-bond donors (Lipinski definition) is 0. The average Bonchev–Trinajstić information content (AvgIpc) is 2.54. The van der Waals surface area contributed by atoms with E-state index in [9.17, 15) is 0 Å². The summed E-state index contributed by atoms with van der Waals surface area (Å²) < 4.78 is 0. The van der Waals surface area contributed by atoms with Crippen LogP contribution < -0.4 is 0 Å². The molecule has 0 fully saturated rings. The van der Waals surface area contributed by atoms with Crippen LogP contribution in [0.1, 0.15) is 18.4 Å². The third-order valence-corrected chi connectivity index (χ3v) is 4.38. The Morgan fingerprint density at radius 2 is 1.52 bits per heavy atom. The van der Waals surface area contributed by atoms with Crippen molar-refractivity contribution in [1.29, 1.82) is 0 Å². The van der Waals surface area contributed by atoms with E-state index in [1.807, 2.05) is 11.8 Å². The second-order valence-electron chi connectivity index (χ2n) is 5.13. The van der Waals surface area contributed by atoms with Crippen LogP contribution in [0.3, 0.4) is 0 Å². The molecule has 0 unspecified atom stereocenters. The summed E-state index contributed by atoms with van der Waals surface area (Å²) in [5, 5.41) is 0. The van der Waals surface area contributed by atoms with Gasteiger partial charge in [-0.25, -0.2) is 0 Å². The molecule has 111 valence electrons. The molecule has 0 aliphatic carbocycles. The van der Waals surface area contributed by atoms with E-state index in [-0.39, 0.29) is 0 Å². The summed E-state index contributed by atoms with van der Waals surface area (Å²) in [5.41, 5.74) is 1.39. The Bertz CT molecular complexity index is 483. The standard InChI is InChI=1S/C19H24NS/c1-2-3-14-20(17-18-10-6-4-7-11-18)15-16-21-19-12-8-5-9-13-19/h4-13H,1-3,14-17H2. The molecule has 2 rings (SSSR count). The van der Waals surface area contributed by atoms with Crippen LogP contribution in [0.5, 0.6) is 0 Å². The van der Waals surface area contributed by atoms with E-state index in [0.29, 0.717) is 0 Å². The number of unbranched alkanes of at least 4 members (excludes halogenated alkanes) is 1. The quantitative estimate of drug-likeness (QED) is 0.606. The van der Waals surface area contributed by atoms with Gasteiger partial charge < -0.3 is 0 Å². The van der Waals surface area contributed by atoms with Crippen LogP contribution >= 0.6 is 11.8 Å². The molecule has 0 spiro atoms. The number of thioether (sulfide) groups is 1. The maximum atomic E-state index is 3.96. The SMILES string of the molecule is [CH2]CCCN(CCSc1ccccc1)Cc1ccccc1. The van der Waals surface area contributed by atoms with Gasteiger partial charge in [0.2, 0.25) is 0 Å². The fourth-order valence-electron chi connectivity index (χ4n) is 2.26. The van der Waals surface area contributed by atoms with Crippen molar-refractivity contribution in [2.75, 3.05) is 18.8 Å². The summed E-state index contributed by atoms with van der Waals surface area (Å²) in [7, 11) is 0. The molecule has 0 aliphatic heterocycles. The van der Waals surface area contributed by atoms with Gasteiger partial charge in [0.15, 0.2) is 0 Å². The molecule has 0 bridgehead atoms. The maximum absolute atomic E-state index is 3.96. The van der Waals surface area contributed by atoms with Crippen LogP contribution in [-0.4, -0.2) is 23.7 Å². The molecule has 0 amide bonds. The molecule has 21 heavy (non-hydrogen) atoms. The van der Waals surface area contributed by atoms with Gasteiger partial charge in [0, 0.05) is 23.7 Å². The highest BCUT2D eigenvalue weighted by molar-refractivity contribution is 7.99. The lowest BCUT2D eigenvalue weighted by molar-refractivity contribution is 0.279. The minimum atomic E-state index is 1.01. The van der Waals surface area contributed by atoms with Crippen LogP contribution in [0.2, 0.25) is 0 Å². The van der Waals surface area contributed by atoms with E-state index in [0.717, 1.165) is 31.8 Å². The van der Waals surface area contributed by atoms with E-state index in [1.54, 1.807) is 0 Å². The van der Waals surface area contributed by atoms with Crippen molar-refractivity contribution < 1.29 is 0 Å². The highest BCUT2D eigenvalue weighted by atomic mass is 32.2. The molecule has 2 heteroatoms. The van der Waals surface area contributed by atoms with Gasteiger partial charge in [0.25, 0.3) is 0 Å². The Hall–Kier alpha value is -1.25. The Balaban J connectivity index is 1.81. The van der Waals surface area contributed by atoms with E-state index >= 15 is 0 Å². The van der Waals surface area contributed by atoms with Gasteiger partial charge in [0.05, 0.1) is 0 Å². The molecule has 1 nitrogen and oxygen atoms in total. The second kappa shape index (κ2) is 9.64. The first-order valence-electron chi connectivity index (χ1n) is 7.62. The fourth-order valence-corrected chi connectivity index (χ4v) is 3.19. The van der Waals surface area contributed by atoms with Crippen molar-refractivity contribution >= 4 is 11.8 Å². The van der Waals surface area contributed by atoms with E-state index in [4.69, 9.17) is 0 Å². The molecular formula is C19H24NS. The van der Waals surface area contributed by atoms with Crippen molar-refractivity contribution in [2.45, 2.75) is 24.3 Å². The minimum absolute atomic E-state index is 1.01. The molecule has 0 aromatic heterocycles. The minimum Gasteiger partial charge on any atom is -0.298 e. The zero-order chi connectivity index (χ0) is 14.8. The molecular weight excluding hydrogens is 274 g/mol. The maximum Gasteiger partial charge on any atom is 0.0234 e. The van der Waals surface area contributed by atoms with E-state index in [2.05, 4.69) is 72.5 Å². The average molecular weight is 298 g/mol. The molecule has 2 aromatic rings. The molecule has 0 N–H and O–H groups in total. The summed E-state index contributed by atoms with van der Waals surface area (Å²) in [6.07, 6.45) is 2.18. The third-order valence-electron chi connectivity index (χ3n) is 3.39. The lowest BCUT2D eigenvalue weighted by Crippen LogP contribution is -2.26. The van der Waals surface area contributed by atoms with E-state index in [1.165, 1.54) is 16.9 Å². The van der Waals surface area contributed by atoms with Crippen LogP contribution in [0.25, 0.3) is 0 Å². The summed E-state index contributed by atoms with van der Waals surface area (Å²) in [4.78, 5) is 3.89. The van der Waals surface area contributed by atoms with Gasteiger partial charge in [-0.3, -0.25) is 4.90 Å². The van der Waals surface area contributed by atoms with Crippen molar-refractivity contribution in [3.8, 4) is 0 Å². The first-order valence-corrected chi connectivity index (χ1v) is 8.60. The summed E-state index contributed by atoms with van der Waals surface area (Å²) >= 11 is 1.94. The predicted octanol–water partition coefficient (Wildman–Crippen LogP) is 4.90. The van der Waals surface area contributed by atoms with Crippen LogP contribution in [-0.2, 0) is 6.54 Å². The summed E-state index contributed by atoms with van der Waals surface area (Å²) in [6.45, 7) is 7.25. The van der Waals surface area contributed by atoms with Gasteiger partial charge in [-0.1, -0.05) is 61.9 Å². The Kier molecular flexibility index (Phi) is 7.41.